The van der Waals surface area contributed by atoms with Crippen molar-refractivity contribution in [3.05, 3.63) is 23.3 Å². The Hall–Kier alpha value is -1.07. The minimum Gasteiger partial charge on any atom is -0.426 e. The summed E-state index contributed by atoms with van der Waals surface area (Å²) in [6.45, 7) is 5.98. The zero-order valence-electron chi connectivity index (χ0n) is 14.2. The SMILES string of the molecule is CO[C@]12CC3C=C(CSC(C)=O)CCC3C(C)(C)C1=CC(=O)O2. The molecule has 4 nitrogen and oxygen atoms in total. The van der Waals surface area contributed by atoms with Gasteiger partial charge in [0.2, 0.25) is 5.79 Å². The fourth-order valence-electron chi connectivity index (χ4n) is 4.52. The summed E-state index contributed by atoms with van der Waals surface area (Å²) in [5.41, 5.74) is 2.17. The minimum atomic E-state index is -0.908. The van der Waals surface area contributed by atoms with Crippen molar-refractivity contribution in [1.82, 2.24) is 0 Å². The van der Waals surface area contributed by atoms with Crippen molar-refractivity contribution < 1.29 is 19.1 Å². The first-order valence-electron chi connectivity index (χ1n) is 8.12. The molecule has 0 aromatic rings. The molecule has 0 aromatic carbocycles. The molecule has 23 heavy (non-hydrogen) atoms. The van der Waals surface area contributed by atoms with E-state index < -0.39 is 5.79 Å². The van der Waals surface area contributed by atoms with Crippen LogP contribution in [0.2, 0.25) is 0 Å². The van der Waals surface area contributed by atoms with E-state index in [0.717, 1.165) is 24.2 Å². The number of carbonyl (C=O) groups is 2. The van der Waals surface area contributed by atoms with Crippen LogP contribution in [0.1, 0.15) is 40.0 Å². The smallest absolute Gasteiger partial charge is 0.333 e. The third-order valence-corrected chi connectivity index (χ3v) is 6.52. The summed E-state index contributed by atoms with van der Waals surface area (Å²) in [6.07, 6.45) is 6.70. The third-order valence-electron chi connectivity index (χ3n) is 5.60. The van der Waals surface area contributed by atoms with Crippen LogP contribution in [0, 0.1) is 17.3 Å². The number of esters is 1. The van der Waals surface area contributed by atoms with Gasteiger partial charge in [0.25, 0.3) is 0 Å². The lowest BCUT2D eigenvalue weighted by Gasteiger charge is -2.52. The molecule has 3 aliphatic rings. The molecule has 1 aliphatic heterocycles. The minimum absolute atomic E-state index is 0.138. The van der Waals surface area contributed by atoms with E-state index in [1.54, 1.807) is 20.1 Å². The predicted molar refractivity (Wildman–Crippen MR) is 89.7 cm³/mol. The quantitative estimate of drug-likeness (QED) is 0.583. The fraction of sp³-hybridized carbons (Fsp3) is 0.667. The Balaban J connectivity index is 1.91. The first kappa shape index (κ1) is 16.8. The zero-order valence-corrected chi connectivity index (χ0v) is 15.0. The summed E-state index contributed by atoms with van der Waals surface area (Å²) >= 11 is 1.37. The Morgan fingerprint density at radius 1 is 1.48 bits per heavy atom. The van der Waals surface area contributed by atoms with Crippen molar-refractivity contribution in [2.75, 3.05) is 12.9 Å². The van der Waals surface area contributed by atoms with Crippen molar-refractivity contribution in [2.45, 2.75) is 45.8 Å². The first-order chi connectivity index (χ1) is 10.8. The van der Waals surface area contributed by atoms with Gasteiger partial charge in [-0.05, 0) is 30.1 Å². The van der Waals surface area contributed by atoms with Gasteiger partial charge in [-0.15, -0.1) is 0 Å². The molecule has 1 saturated carbocycles. The number of rotatable bonds is 3. The Morgan fingerprint density at radius 3 is 2.87 bits per heavy atom. The van der Waals surface area contributed by atoms with E-state index in [2.05, 4.69) is 19.9 Å². The molecule has 0 saturated heterocycles. The van der Waals surface area contributed by atoms with Crippen LogP contribution in [0.5, 0.6) is 0 Å². The number of hydrogen-bond donors (Lipinski definition) is 0. The Bertz CT molecular complexity index is 604. The number of carbonyl (C=O) groups excluding carboxylic acids is 2. The van der Waals surface area contributed by atoms with E-state index in [1.165, 1.54) is 17.3 Å². The molecule has 0 spiro atoms. The molecule has 3 rings (SSSR count). The molecule has 5 heteroatoms. The highest BCUT2D eigenvalue weighted by Crippen LogP contribution is 2.58. The van der Waals surface area contributed by atoms with Gasteiger partial charge in [0.1, 0.15) is 0 Å². The summed E-state index contributed by atoms with van der Waals surface area (Å²) in [5, 5.41) is 0.153. The van der Waals surface area contributed by atoms with E-state index in [4.69, 9.17) is 9.47 Å². The maximum atomic E-state index is 11.9. The van der Waals surface area contributed by atoms with E-state index in [0.29, 0.717) is 18.3 Å². The Kier molecular flexibility index (Phi) is 4.21. The van der Waals surface area contributed by atoms with Crippen LogP contribution in [0.25, 0.3) is 0 Å². The molecule has 1 fully saturated rings. The molecule has 0 amide bonds. The van der Waals surface area contributed by atoms with Crippen molar-refractivity contribution in [3.63, 3.8) is 0 Å². The average molecular weight is 336 g/mol. The summed E-state index contributed by atoms with van der Waals surface area (Å²) in [7, 11) is 1.61. The number of thioether (sulfide) groups is 1. The molecule has 2 aliphatic carbocycles. The van der Waals surface area contributed by atoms with E-state index in [-0.39, 0.29) is 16.5 Å². The maximum absolute atomic E-state index is 11.9. The Morgan fingerprint density at radius 2 is 2.22 bits per heavy atom. The van der Waals surface area contributed by atoms with Crippen LogP contribution in [0.4, 0.5) is 0 Å². The van der Waals surface area contributed by atoms with Crippen molar-refractivity contribution >= 4 is 22.8 Å². The first-order valence-corrected chi connectivity index (χ1v) is 9.11. The topological polar surface area (TPSA) is 52.6 Å². The highest BCUT2D eigenvalue weighted by Gasteiger charge is 2.58. The highest BCUT2D eigenvalue weighted by molar-refractivity contribution is 8.13. The van der Waals surface area contributed by atoms with E-state index in [9.17, 15) is 9.59 Å². The second kappa shape index (κ2) is 5.78. The normalized spacial score (nSPS) is 34.9. The van der Waals surface area contributed by atoms with Gasteiger partial charge in [0.05, 0.1) is 0 Å². The summed E-state index contributed by atoms with van der Waals surface area (Å²) in [5.74, 6) is 0.336. The zero-order chi connectivity index (χ0) is 16.8. The van der Waals surface area contributed by atoms with E-state index in [1.807, 2.05) is 0 Å². The van der Waals surface area contributed by atoms with Gasteiger partial charge in [0, 0.05) is 37.9 Å². The average Bonchev–Trinajstić information content (AvgIpc) is 2.83. The molecule has 3 atom stereocenters. The summed E-state index contributed by atoms with van der Waals surface area (Å²) < 4.78 is 11.3. The maximum Gasteiger partial charge on any atom is 0.333 e. The van der Waals surface area contributed by atoms with Gasteiger partial charge in [-0.2, -0.15) is 0 Å². The number of fused-ring (bicyclic) bond motifs is 2. The lowest BCUT2D eigenvalue weighted by Crippen LogP contribution is -2.51. The van der Waals surface area contributed by atoms with Crippen LogP contribution in [-0.2, 0) is 19.1 Å². The van der Waals surface area contributed by atoms with Crippen LogP contribution in [-0.4, -0.2) is 29.7 Å². The van der Waals surface area contributed by atoms with Crippen molar-refractivity contribution in [1.29, 1.82) is 0 Å². The second-order valence-corrected chi connectivity index (χ2v) is 8.43. The van der Waals surface area contributed by atoms with Gasteiger partial charge in [0.15, 0.2) is 5.12 Å². The van der Waals surface area contributed by atoms with Gasteiger partial charge in [-0.1, -0.05) is 37.3 Å². The van der Waals surface area contributed by atoms with Crippen LogP contribution in [0.15, 0.2) is 23.3 Å². The van der Waals surface area contributed by atoms with Crippen molar-refractivity contribution in [2.24, 2.45) is 17.3 Å². The van der Waals surface area contributed by atoms with E-state index >= 15 is 0 Å². The number of methoxy groups -OCH3 is 1. The standard InChI is InChI=1S/C18H24O4S/c1-11(19)23-10-12-5-6-14-13(7-12)9-18(21-4)15(17(14,2)3)8-16(20)22-18/h7-8,13-14H,5-6,9-10H2,1-4H3/t13?,14?,18-/m0/s1. The van der Waals surface area contributed by atoms with Gasteiger partial charge in [-0.25, -0.2) is 4.79 Å². The van der Waals surface area contributed by atoms with Crippen LogP contribution < -0.4 is 0 Å². The number of hydrogen-bond acceptors (Lipinski definition) is 5. The van der Waals surface area contributed by atoms with Crippen molar-refractivity contribution in [3.8, 4) is 0 Å². The molecule has 2 unspecified atom stereocenters. The highest BCUT2D eigenvalue weighted by atomic mass is 32.2. The molecule has 126 valence electrons. The lowest BCUT2D eigenvalue weighted by molar-refractivity contribution is -0.214. The molecular weight excluding hydrogens is 312 g/mol. The van der Waals surface area contributed by atoms with Gasteiger partial charge in [-0.3, -0.25) is 4.79 Å². The van der Waals surface area contributed by atoms with Crippen LogP contribution in [0.3, 0.4) is 0 Å². The second-order valence-electron chi connectivity index (χ2n) is 7.28. The molecule has 0 bridgehead atoms. The lowest BCUT2D eigenvalue weighted by atomic mass is 9.56. The molecule has 0 radical (unpaired) electrons. The number of allylic oxidation sites excluding steroid dienone is 1. The van der Waals surface area contributed by atoms with Gasteiger partial charge < -0.3 is 9.47 Å². The Labute approximate surface area is 141 Å². The molecule has 0 aromatic heterocycles. The summed E-state index contributed by atoms with van der Waals surface area (Å²) in [6, 6.07) is 0. The monoisotopic (exact) mass is 336 g/mol. The molecular formula is C18H24O4S. The van der Waals surface area contributed by atoms with Gasteiger partial charge >= 0.3 is 5.97 Å². The van der Waals surface area contributed by atoms with Crippen LogP contribution >= 0.6 is 11.8 Å². The largest absolute Gasteiger partial charge is 0.426 e. The summed E-state index contributed by atoms with van der Waals surface area (Å²) in [4.78, 5) is 23.1. The predicted octanol–water partition coefficient (Wildman–Crippen LogP) is 3.47. The molecule has 0 N–H and O–H groups in total. The molecule has 1 heterocycles. The fourth-order valence-corrected chi connectivity index (χ4v) is 5.15. The number of ether oxygens (including phenoxy) is 2. The third kappa shape index (κ3) is 2.78.